The van der Waals surface area contributed by atoms with Gasteiger partial charge < -0.3 is 29.4 Å². The molecule has 5 aromatic rings. The number of hydrogen-bond acceptors (Lipinski definition) is 13. The molecule has 11 rings (SSSR count). The molecule has 17 heteroatoms. The topological polar surface area (TPSA) is 184 Å². The van der Waals surface area contributed by atoms with Gasteiger partial charge in [-0.25, -0.2) is 18.1 Å². The summed E-state index contributed by atoms with van der Waals surface area (Å²) in [5.41, 5.74) is 5.17. The smallest absolute Gasteiger partial charge is 0.297 e. The first-order chi connectivity index (χ1) is 31.9. The fourth-order valence-corrected chi connectivity index (χ4v) is 12.5. The zero-order chi connectivity index (χ0) is 45.3. The third-order valence-corrected chi connectivity index (χ3v) is 16.2. The number of allylic oxidation sites excluding steroid dienone is 1. The number of rotatable bonds is 12. The fraction of sp³-hybridized carbons (Fsp3) is 0.429. The molecule has 1 saturated carbocycles. The van der Waals surface area contributed by atoms with E-state index in [2.05, 4.69) is 72.5 Å². The Balaban J connectivity index is 0.800. The lowest BCUT2D eigenvalue weighted by atomic mass is 9.59. The molecule has 3 N–H and O–H groups in total. The molecule has 344 valence electrons. The number of nitrogens with one attached hydrogen (secondary N) is 3. The first-order valence-corrected chi connectivity index (χ1v) is 24.5. The summed E-state index contributed by atoms with van der Waals surface area (Å²) >= 11 is 0. The zero-order valence-electron chi connectivity index (χ0n) is 36.9. The highest BCUT2D eigenvalue weighted by Gasteiger charge is 2.50. The van der Waals surface area contributed by atoms with E-state index in [0.717, 1.165) is 68.2 Å². The van der Waals surface area contributed by atoms with Crippen molar-refractivity contribution >= 4 is 49.6 Å². The Hall–Kier alpha value is -6.01. The van der Waals surface area contributed by atoms with Crippen LogP contribution in [0.5, 0.6) is 17.2 Å². The van der Waals surface area contributed by atoms with Gasteiger partial charge in [-0.3, -0.25) is 24.7 Å². The maximum atomic E-state index is 14.1. The Labute approximate surface area is 383 Å². The van der Waals surface area contributed by atoms with Gasteiger partial charge in [0.2, 0.25) is 0 Å². The molecule has 6 aliphatic rings. The molecule has 66 heavy (non-hydrogen) atoms. The number of nitro benzene ring substituents is 1. The van der Waals surface area contributed by atoms with Crippen molar-refractivity contribution in [1.29, 1.82) is 0 Å². The van der Waals surface area contributed by atoms with E-state index in [1.54, 1.807) is 24.4 Å². The van der Waals surface area contributed by atoms with E-state index in [9.17, 15) is 23.3 Å². The van der Waals surface area contributed by atoms with E-state index >= 15 is 0 Å². The number of carbonyl (C=O) groups excluding carboxylic acids is 1. The Morgan fingerprint density at radius 2 is 1.88 bits per heavy atom. The molecule has 1 aliphatic carbocycles. The first kappa shape index (κ1) is 42.6. The van der Waals surface area contributed by atoms with Crippen LogP contribution in [0.2, 0.25) is 0 Å². The van der Waals surface area contributed by atoms with Gasteiger partial charge in [-0.1, -0.05) is 36.4 Å². The number of nitrogens with zero attached hydrogens (tertiary/aromatic N) is 5. The van der Waals surface area contributed by atoms with Crippen LogP contribution in [0.4, 0.5) is 17.1 Å². The number of H-pyrrole nitrogens is 1. The van der Waals surface area contributed by atoms with Crippen LogP contribution in [-0.4, -0.2) is 109 Å². The van der Waals surface area contributed by atoms with Gasteiger partial charge in [0.05, 0.1) is 40.3 Å². The molecular formula is C49H54N8O8S. The number of ether oxygens (including phenoxy) is 3. The lowest BCUT2D eigenvalue weighted by Crippen LogP contribution is -2.54. The average Bonchev–Trinajstić information content (AvgIpc) is 4.14. The number of aromatic nitrogens is 2. The number of aromatic amines is 1. The molecule has 1 amide bonds. The zero-order valence-corrected chi connectivity index (χ0v) is 37.7. The number of piperidine rings is 1. The Bertz CT molecular complexity index is 2850. The van der Waals surface area contributed by atoms with Crippen molar-refractivity contribution in [3.05, 3.63) is 113 Å². The number of likely N-dealkylation sites (tertiary alicyclic amines) is 2. The second-order valence-corrected chi connectivity index (χ2v) is 20.8. The molecule has 5 fully saturated rings. The van der Waals surface area contributed by atoms with Crippen molar-refractivity contribution in [3.8, 4) is 17.2 Å². The second kappa shape index (κ2) is 16.7. The number of morpholine rings is 1. The molecule has 0 unspecified atom stereocenters. The minimum Gasteiger partial charge on any atom is -0.489 e. The lowest BCUT2D eigenvalue weighted by Gasteiger charge is -2.56. The molecule has 3 aromatic carbocycles. The molecule has 16 nitrogen and oxygen atoms in total. The minimum absolute atomic E-state index is 0.0194. The van der Waals surface area contributed by atoms with Crippen LogP contribution in [0, 0.1) is 15.5 Å². The summed E-state index contributed by atoms with van der Waals surface area (Å²) in [7, 11) is -4.65. The highest BCUT2D eigenvalue weighted by atomic mass is 32.2. The Kier molecular flexibility index (Phi) is 10.8. The van der Waals surface area contributed by atoms with E-state index in [1.165, 1.54) is 49.1 Å². The number of anilines is 2. The largest absolute Gasteiger partial charge is 0.489 e. The summed E-state index contributed by atoms with van der Waals surface area (Å²) in [5.74, 6) is -0.436. The molecule has 7 heterocycles. The standard InChI is InChI=1S/C49H54N8O8S/c1-30(2)39-6-3-4-7-40(39)42-8-5-15-56(42)35-23-49(24-35)12-16-54(17-13-49)33-9-10-41(44(20-33)65-36-18-31-11-14-50-47(31)51-25-36)48(58)53-66(61,62)38-21-43(57(59)60)46-45(22-38)64-28-32(52-46)26-55-27-37-19-34(55)29-63-37/h3-4,6-7,9-11,14,18,20-22,25,32,34-35,37,42,52H,1,5,8,12-13,15-17,19,23-24,26-29H2,2H3,(H,50,51)(H,53,58)/t32-,34+,37+,42+/m1/s1. The summed E-state index contributed by atoms with van der Waals surface area (Å²) < 4.78 is 48.1. The normalized spacial score (nSPS) is 23.9. The van der Waals surface area contributed by atoms with E-state index < -0.39 is 31.4 Å². The average molecular weight is 915 g/mol. The van der Waals surface area contributed by atoms with Gasteiger partial charge in [-0.2, -0.15) is 0 Å². The fourth-order valence-electron chi connectivity index (χ4n) is 11.5. The number of nitro groups is 1. The Morgan fingerprint density at radius 3 is 2.65 bits per heavy atom. The van der Waals surface area contributed by atoms with Crippen LogP contribution in [0.3, 0.4) is 0 Å². The van der Waals surface area contributed by atoms with Gasteiger partial charge >= 0.3 is 0 Å². The van der Waals surface area contributed by atoms with Crippen molar-refractivity contribution in [2.75, 3.05) is 56.2 Å². The molecular weight excluding hydrogens is 861 g/mol. The molecule has 0 radical (unpaired) electrons. The van der Waals surface area contributed by atoms with Crippen LogP contribution in [0.15, 0.2) is 90.6 Å². The summed E-state index contributed by atoms with van der Waals surface area (Å²) in [6.07, 6.45) is 11.3. The van der Waals surface area contributed by atoms with Crippen molar-refractivity contribution in [2.45, 2.75) is 87.0 Å². The minimum atomic E-state index is -4.65. The second-order valence-electron chi connectivity index (χ2n) is 19.1. The van der Waals surface area contributed by atoms with Crippen LogP contribution in [-0.2, 0) is 14.8 Å². The van der Waals surface area contributed by atoms with E-state index in [4.69, 9.17) is 14.2 Å². The van der Waals surface area contributed by atoms with Crippen LogP contribution in [0.25, 0.3) is 16.6 Å². The van der Waals surface area contributed by atoms with Crippen LogP contribution >= 0.6 is 0 Å². The van der Waals surface area contributed by atoms with Gasteiger partial charge in [-0.05, 0) is 99.2 Å². The number of pyridine rings is 1. The van der Waals surface area contributed by atoms with Gasteiger partial charge in [0, 0.05) is 79.8 Å². The van der Waals surface area contributed by atoms with Gasteiger partial charge in [0.1, 0.15) is 23.8 Å². The summed E-state index contributed by atoms with van der Waals surface area (Å²) in [6.45, 7) is 11.4. The molecule has 4 atom stereocenters. The molecule has 4 saturated heterocycles. The van der Waals surface area contributed by atoms with Crippen molar-refractivity contribution in [2.24, 2.45) is 5.41 Å². The number of fused-ring (bicyclic) bond motifs is 4. The molecule has 1 spiro atoms. The Morgan fingerprint density at radius 1 is 1.05 bits per heavy atom. The maximum Gasteiger partial charge on any atom is 0.297 e. The number of hydrogen-bond donors (Lipinski definition) is 3. The summed E-state index contributed by atoms with van der Waals surface area (Å²) in [6, 6.07) is 20.7. The number of carbonyl (C=O) groups is 1. The van der Waals surface area contributed by atoms with Crippen molar-refractivity contribution in [3.63, 3.8) is 0 Å². The monoisotopic (exact) mass is 914 g/mol. The predicted molar refractivity (Wildman–Crippen MR) is 250 cm³/mol. The highest BCUT2D eigenvalue weighted by Crippen LogP contribution is 2.54. The third-order valence-electron chi connectivity index (χ3n) is 14.9. The lowest BCUT2D eigenvalue weighted by molar-refractivity contribution is -0.384. The van der Waals surface area contributed by atoms with Crippen molar-refractivity contribution < 1.29 is 32.3 Å². The van der Waals surface area contributed by atoms with E-state index in [0.29, 0.717) is 42.7 Å². The van der Waals surface area contributed by atoms with Gasteiger partial charge in [0.15, 0.2) is 11.4 Å². The number of sulfonamides is 1. The quantitative estimate of drug-likeness (QED) is 0.0820. The van der Waals surface area contributed by atoms with Crippen LogP contribution in [0.1, 0.15) is 79.4 Å². The van der Waals surface area contributed by atoms with Crippen LogP contribution < -0.4 is 24.4 Å². The number of amides is 1. The predicted octanol–water partition coefficient (Wildman–Crippen LogP) is 7.65. The summed E-state index contributed by atoms with van der Waals surface area (Å²) in [5, 5.41) is 16.4. The van der Waals surface area contributed by atoms with Gasteiger partial charge in [-0.15, -0.1) is 0 Å². The highest BCUT2D eigenvalue weighted by molar-refractivity contribution is 7.90. The SMILES string of the molecule is C=C(C)c1ccccc1[C@@H]1CCCN1C1CC2(CCN(c3ccc(C(=O)NS(=O)(=O)c4cc5c(c([N+](=O)[O-])c4)N[C@H](CN4C[C@@H]6C[C@H]4CO6)CO5)c(Oc4cnc5[nH]ccc5c4)c3)CC2)C1. The molecule has 2 aromatic heterocycles. The number of benzene rings is 3. The van der Waals surface area contributed by atoms with E-state index in [-0.39, 0.29) is 46.9 Å². The third kappa shape index (κ3) is 7.94. The first-order valence-electron chi connectivity index (χ1n) is 23.0. The van der Waals surface area contributed by atoms with E-state index in [1.807, 2.05) is 12.1 Å². The molecule has 5 aliphatic heterocycles. The van der Waals surface area contributed by atoms with Crippen molar-refractivity contribution in [1.82, 2.24) is 24.5 Å². The summed E-state index contributed by atoms with van der Waals surface area (Å²) in [4.78, 5) is 40.2. The van der Waals surface area contributed by atoms with Gasteiger partial charge in [0.25, 0.3) is 21.6 Å². The molecule has 2 bridgehead atoms. The maximum absolute atomic E-state index is 14.1.